The molecule has 2 aromatic rings. The first-order valence-electron chi connectivity index (χ1n) is 10.5. The average molecular weight is 453 g/mol. The second kappa shape index (κ2) is 9.91. The highest BCUT2D eigenvalue weighted by atomic mass is 32.2. The van der Waals surface area contributed by atoms with Crippen LogP contribution in [0.2, 0.25) is 0 Å². The number of rotatable bonds is 8. The van der Waals surface area contributed by atoms with Crippen LogP contribution >= 0.6 is 11.8 Å². The molecule has 0 spiro atoms. The molecule has 0 bridgehead atoms. The third-order valence-electron chi connectivity index (χ3n) is 5.30. The Morgan fingerprint density at radius 2 is 1.94 bits per heavy atom. The molecule has 3 amide bonds. The van der Waals surface area contributed by atoms with Crippen molar-refractivity contribution in [1.82, 2.24) is 10.2 Å². The van der Waals surface area contributed by atoms with E-state index >= 15 is 0 Å². The van der Waals surface area contributed by atoms with Gasteiger partial charge in [-0.1, -0.05) is 49.7 Å². The molecule has 1 N–H and O–H groups in total. The normalized spacial score (nSPS) is 17.2. The quantitative estimate of drug-likeness (QED) is 0.606. The van der Waals surface area contributed by atoms with Gasteiger partial charge in [0.05, 0.1) is 10.8 Å². The van der Waals surface area contributed by atoms with Crippen LogP contribution < -0.4 is 14.8 Å². The summed E-state index contributed by atoms with van der Waals surface area (Å²) in [4.78, 5) is 39.4. The first kappa shape index (κ1) is 22.0. The Kier molecular flexibility index (Phi) is 6.80. The molecule has 0 aromatic heterocycles. The van der Waals surface area contributed by atoms with Crippen molar-refractivity contribution in [3.63, 3.8) is 0 Å². The van der Waals surface area contributed by atoms with Crippen LogP contribution in [0.1, 0.15) is 36.8 Å². The van der Waals surface area contributed by atoms with Gasteiger partial charge in [-0.2, -0.15) is 0 Å². The monoisotopic (exact) mass is 452 g/mol. The molecule has 1 saturated heterocycles. The average Bonchev–Trinajstić information content (AvgIpc) is 3.37. The van der Waals surface area contributed by atoms with E-state index in [1.165, 1.54) is 4.90 Å². The molecule has 0 unspecified atom stereocenters. The number of hydrogen-bond acceptors (Lipinski definition) is 6. The summed E-state index contributed by atoms with van der Waals surface area (Å²) in [6.45, 7) is 2.55. The fourth-order valence-electron chi connectivity index (χ4n) is 3.68. The Balaban J connectivity index is 1.36. The van der Waals surface area contributed by atoms with E-state index in [2.05, 4.69) is 5.32 Å². The van der Waals surface area contributed by atoms with E-state index < -0.39 is 0 Å². The minimum absolute atomic E-state index is 0.0964. The van der Waals surface area contributed by atoms with Crippen molar-refractivity contribution in [2.45, 2.75) is 25.7 Å². The van der Waals surface area contributed by atoms with E-state index in [0.29, 0.717) is 16.4 Å². The van der Waals surface area contributed by atoms with Gasteiger partial charge in [0.1, 0.15) is 0 Å². The van der Waals surface area contributed by atoms with Crippen LogP contribution in [0.5, 0.6) is 11.5 Å². The Hall–Kier alpha value is -3.26. The maximum atomic E-state index is 12.7. The molecule has 2 aromatic carbocycles. The molecular weight excluding hydrogens is 428 g/mol. The van der Waals surface area contributed by atoms with Gasteiger partial charge < -0.3 is 14.8 Å². The van der Waals surface area contributed by atoms with E-state index in [4.69, 9.17) is 9.47 Å². The molecule has 1 fully saturated rings. The van der Waals surface area contributed by atoms with Gasteiger partial charge >= 0.3 is 0 Å². The van der Waals surface area contributed by atoms with Crippen molar-refractivity contribution in [2.75, 3.05) is 19.9 Å². The number of fused-ring (bicyclic) bond motifs is 1. The van der Waals surface area contributed by atoms with Gasteiger partial charge in [-0.25, -0.2) is 0 Å². The Morgan fingerprint density at radius 1 is 1.16 bits per heavy atom. The lowest BCUT2D eigenvalue weighted by Crippen LogP contribution is -2.39. The van der Waals surface area contributed by atoms with Gasteiger partial charge in [0.2, 0.25) is 12.7 Å². The molecule has 8 heteroatoms. The van der Waals surface area contributed by atoms with E-state index in [-0.39, 0.29) is 42.9 Å². The second-order valence-electron chi connectivity index (χ2n) is 7.49. The number of ether oxygens (including phenoxy) is 2. The zero-order valence-corrected chi connectivity index (χ0v) is 18.5. The number of amides is 3. The molecule has 7 nitrogen and oxygen atoms in total. The van der Waals surface area contributed by atoms with Crippen LogP contribution in [-0.2, 0) is 9.59 Å². The van der Waals surface area contributed by atoms with Gasteiger partial charge in [-0.05, 0) is 47.5 Å². The molecule has 2 heterocycles. The molecular formula is C24H24N2O5S. The van der Waals surface area contributed by atoms with E-state index in [0.717, 1.165) is 35.7 Å². The molecule has 1 atom stereocenters. The molecule has 2 aliphatic rings. The van der Waals surface area contributed by atoms with E-state index in [1.54, 1.807) is 24.3 Å². The summed E-state index contributed by atoms with van der Waals surface area (Å²) in [6, 6.07) is 15.0. The Bertz CT molecular complexity index is 1050. The number of nitrogens with one attached hydrogen (secondary N) is 1. The Labute approximate surface area is 190 Å². The first-order chi connectivity index (χ1) is 15.6. The van der Waals surface area contributed by atoms with Crippen molar-refractivity contribution in [3.05, 3.63) is 64.6 Å². The van der Waals surface area contributed by atoms with Crippen LogP contribution in [0.4, 0.5) is 4.79 Å². The van der Waals surface area contributed by atoms with Gasteiger partial charge in [-0.3, -0.25) is 19.3 Å². The molecule has 0 aliphatic carbocycles. The van der Waals surface area contributed by atoms with Crippen molar-refractivity contribution in [3.8, 4) is 11.5 Å². The highest BCUT2D eigenvalue weighted by molar-refractivity contribution is 8.18. The molecule has 4 rings (SSSR count). The zero-order valence-electron chi connectivity index (χ0n) is 17.7. The van der Waals surface area contributed by atoms with Gasteiger partial charge in [0, 0.05) is 13.1 Å². The number of benzene rings is 2. The fraction of sp³-hybridized carbons (Fsp3) is 0.292. The summed E-state index contributed by atoms with van der Waals surface area (Å²) >= 11 is 0.894. The third kappa shape index (κ3) is 4.80. The summed E-state index contributed by atoms with van der Waals surface area (Å²) in [6.07, 6.45) is 3.27. The number of nitrogens with zero attached hydrogens (tertiary/aromatic N) is 1. The number of hydrogen-bond donors (Lipinski definition) is 1. The minimum atomic E-state index is -0.361. The first-order valence-corrected chi connectivity index (χ1v) is 11.4. The molecule has 32 heavy (non-hydrogen) atoms. The maximum absolute atomic E-state index is 12.7. The van der Waals surface area contributed by atoms with Crippen molar-refractivity contribution < 1.29 is 23.9 Å². The summed E-state index contributed by atoms with van der Waals surface area (Å²) in [7, 11) is 0. The third-order valence-corrected chi connectivity index (χ3v) is 6.21. The fourth-order valence-corrected chi connectivity index (χ4v) is 4.55. The highest BCUT2D eigenvalue weighted by Crippen LogP contribution is 2.36. The summed E-state index contributed by atoms with van der Waals surface area (Å²) in [5.41, 5.74) is 1.71. The number of imide groups is 1. The smallest absolute Gasteiger partial charge is 0.293 e. The molecule has 166 valence electrons. The predicted molar refractivity (Wildman–Crippen MR) is 122 cm³/mol. The lowest BCUT2D eigenvalue weighted by atomic mass is 9.94. The SMILES string of the molecule is CCC[C@H](C(=O)NCCN1C(=O)S/C(=C/c2ccc3c(c2)OCO3)C1=O)c1ccccc1. The van der Waals surface area contributed by atoms with Crippen molar-refractivity contribution in [1.29, 1.82) is 0 Å². The molecule has 0 radical (unpaired) electrons. The number of carbonyl (C=O) groups is 3. The lowest BCUT2D eigenvalue weighted by Gasteiger charge is -2.18. The number of thioether (sulfide) groups is 1. The van der Waals surface area contributed by atoms with Gasteiger partial charge in [0.25, 0.3) is 11.1 Å². The van der Waals surface area contributed by atoms with Crippen LogP contribution in [0.15, 0.2) is 53.4 Å². The molecule has 0 saturated carbocycles. The minimum Gasteiger partial charge on any atom is -0.454 e. The molecule has 2 aliphatic heterocycles. The van der Waals surface area contributed by atoms with Crippen LogP contribution in [0.25, 0.3) is 6.08 Å². The van der Waals surface area contributed by atoms with Crippen molar-refractivity contribution >= 4 is 34.9 Å². The van der Waals surface area contributed by atoms with Gasteiger partial charge in [0.15, 0.2) is 11.5 Å². The van der Waals surface area contributed by atoms with Crippen LogP contribution in [0, 0.1) is 0 Å². The summed E-state index contributed by atoms with van der Waals surface area (Å²) in [5.74, 6) is 0.562. The number of carbonyl (C=O) groups excluding carboxylic acids is 3. The second-order valence-corrected chi connectivity index (χ2v) is 8.48. The predicted octanol–water partition coefficient (Wildman–Crippen LogP) is 4.15. The summed E-state index contributed by atoms with van der Waals surface area (Å²) in [5, 5.41) is 2.54. The largest absolute Gasteiger partial charge is 0.454 e. The lowest BCUT2D eigenvalue weighted by molar-refractivity contribution is -0.125. The van der Waals surface area contributed by atoms with Crippen LogP contribution in [-0.4, -0.2) is 41.8 Å². The Morgan fingerprint density at radius 3 is 2.72 bits per heavy atom. The van der Waals surface area contributed by atoms with Crippen molar-refractivity contribution in [2.24, 2.45) is 0 Å². The van der Waals surface area contributed by atoms with Gasteiger partial charge in [-0.15, -0.1) is 0 Å². The van der Waals surface area contributed by atoms with Crippen LogP contribution in [0.3, 0.4) is 0 Å². The van der Waals surface area contributed by atoms with E-state index in [1.807, 2.05) is 37.3 Å². The zero-order chi connectivity index (χ0) is 22.5. The van der Waals surface area contributed by atoms with E-state index in [9.17, 15) is 14.4 Å². The standard InChI is InChI=1S/C24H24N2O5S/c1-2-6-18(17-7-4-3-5-8-17)22(27)25-11-12-26-23(28)21(32-24(26)29)14-16-9-10-19-20(13-16)31-15-30-19/h3-5,7-10,13-14,18H,2,6,11-12,15H2,1H3,(H,25,27)/b21-14+/t18-/m0/s1. The maximum Gasteiger partial charge on any atom is 0.293 e. The topological polar surface area (TPSA) is 84.9 Å². The highest BCUT2D eigenvalue weighted by Gasteiger charge is 2.35. The summed E-state index contributed by atoms with van der Waals surface area (Å²) < 4.78 is 10.6.